The van der Waals surface area contributed by atoms with Crippen LogP contribution in [0.25, 0.3) is 0 Å². The van der Waals surface area contributed by atoms with Crippen LogP contribution < -0.4 is 0 Å². The molecule has 0 aromatic heterocycles. The maximum atomic E-state index is 10.3. The van der Waals surface area contributed by atoms with Gasteiger partial charge < -0.3 is 19.3 Å². The van der Waals surface area contributed by atoms with E-state index in [1.165, 1.54) is 56.9 Å². The second kappa shape index (κ2) is 15.7. The third-order valence-corrected chi connectivity index (χ3v) is 7.49. The Kier molecular flexibility index (Phi) is 12.7. The molecule has 0 aliphatic carbocycles. The Bertz CT molecular complexity index is 663. The van der Waals surface area contributed by atoms with Crippen molar-refractivity contribution in [3.05, 3.63) is 48.6 Å². The summed E-state index contributed by atoms with van der Waals surface area (Å²) in [5, 5.41) is 10.3. The van der Waals surface area contributed by atoms with Crippen LogP contribution in [0.2, 0.25) is 0 Å². The summed E-state index contributed by atoms with van der Waals surface area (Å²) < 4.78 is 19.3. The third kappa shape index (κ3) is 9.11. The molecule has 2 aliphatic heterocycles. The summed E-state index contributed by atoms with van der Waals surface area (Å²) in [5.74, 6) is 0. The molecule has 0 unspecified atom stereocenters. The van der Waals surface area contributed by atoms with Crippen molar-refractivity contribution in [2.75, 3.05) is 0 Å². The van der Waals surface area contributed by atoms with Gasteiger partial charge in [0.05, 0.1) is 43.2 Å². The molecule has 2 saturated heterocycles. The third-order valence-electron chi connectivity index (χ3n) is 7.49. The highest BCUT2D eigenvalue weighted by molar-refractivity contribution is 5.13. The molecule has 1 N–H and O–H groups in total. The predicted molar refractivity (Wildman–Crippen MR) is 139 cm³/mol. The fourth-order valence-electron chi connectivity index (χ4n) is 5.44. The molecule has 0 saturated carbocycles. The predicted octanol–water partition coefficient (Wildman–Crippen LogP) is 7.13. The summed E-state index contributed by atoms with van der Waals surface area (Å²) in [6.07, 6.45) is 17.7. The van der Waals surface area contributed by atoms with Gasteiger partial charge in [0.1, 0.15) is 0 Å². The summed E-state index contributed by atoms with van der Waals surface area (Å²) in [6.45, 7) is 6.66. The van der Waals surface area contributed by atoms with E-state index in [1.807, 2.05) is 6.07 Å². The standard InChI is InChI=1S/C30H48O4/c1-3-5-6-7-8-9-10-14-18-28-27(32-23-24-16-12-11-13-17-24)20-22-30(34-28)29-21-19-26(33-29)25(31)15-4-2/h4,11-13,16-17,25-31H,2-3,5-10,14-15,18-23H2,1H3/t25-,26-,27-,28+,29+,30+/m1/s1. The molecule has 2 aliphatic rings. The minimum absolute atomic E-state index is 0.0839. The van der Waals surface area contributed by atoms with Gasteiger partial charge in [0.2, 0.25) is 0 Å². The Hall–Kier alpha value is -1.20. The zero-order valence-corrected chi connectivity index (χ0v) is 21.4. The van der Waals surface area contributed by atoms with E-state index >= 15 is 0 Å². The van der Waals surface area contributed by atoms with Gasteiger partial charge in [-0.05, 0) is 44.1 Å². The van der Waals surface area contributed by atoms with E-state index < -0.39 is 6.10 Å². The zero-order chi connectivity index (χ0) is 24.0. The van der Waals surface area contributed by atoms with Crippen molar-refractivity contribution in [1.82, 2.24) is 0 Å². The Morgan fingerprint density at radius 2 is 1.62 bits per heavy atom. The molecule has 34 heavy (non-hydrogen) atoms. The van der Waals surface area contributed by atoms with E-state index in [-0.39, 0.29) is 30.5 Å². The number of aliphatic hydroxyl groups excluding tert-OH is 1. The first-order valence-electron chi connectivity index (χ1n) is 14.0. The van der Waals surface area contributed by atoms with Gasteiger partial charge in [-0.15, -0.1) is 6.58 Å². The minimum Gasteiger partial charge on any atom is -0.390 e. The van der Waals surface area contributed by atoms with Gasteiger partial charge in [-0.1, -0.05) is 94.7 Å². The quantitative estimate of drug-likeness (QED) is 0.205. The highest BCUT2D eigenvalue weighted by atomic mass is 16.6. The minimum atomic E-state index is -0.457. The average Bonchev–Trinajstić information content (AvgIpc) is 3.36. The van der Waals surface area contributed by atoms with E-state index in [1.54, 1.807) is 6.08 Å². The van der Waals surface area contributed by atoms with E-state index in [2.05, 4.69) is 37.8 Å². The van der Waals surface area contributed by atoms with Crippen LogP contribution in [0.15, 0.2) is 43.0 Å². The van der Waals surface area contributed by atoms with Gasteiger partial charge in [0.15, 0.2) is 0 Å². The molecule has 3 rings (SSSR count). The Labute approximate surface area is 208 Å². The van der Waals surface area contributed by atoms with Gasteiger partial charge >= 0.3 is 0 Å². The number of hydrogen-bond donors (Lipinski definition) is 1. The van der Waals surface area contributed by atoms with Gasteiger partial charge in [-0.3, -0.25) is 0 Å². The lowest BCUT2D eigenvalue weighted by Crippen LogP contribution is -2.45. The molecule has 1 aromatic rings. The van der Waals surface area contributed by atoms with Crippen LogP contribution >= 0.6 is 0 Å². The highest BCUT2D eigenvalue weighted by Gasteiger charge is 2.40. The molecular formula is C30H48O4. The lowest BCUT2D eigenvalue weighted by atomic mass is 9.93. The molecule has 1 aromatic carbocycles. The van der Waals surface area contributed by atoms with Crippen LogP contribution in [0, 0.1) is 0 Å². The lowest BCUT2D eigenvalue weighted by Gasteiger charge is -2.39. The van der Waals surface area contributed by atoms with Crippen molar-refractivity contribution in [3.8, 4) is 0 Å². The lowest BCUT2D eigenvalue weighted by molar-refractivity contribution is -0.183. The van der Waals surface area contributed by atoms with Crippen molar-refractivity contribution in [3.63, 3.8) is 0 Å². The van der Waals surface area contributed by atoms with E-state index in [0.717, 1.165) is 32.1 Å². The normalized spacial score (nSPS) is 28.1. The van der Waals surface area contributed by atoms with Gasteiger partial charge in [0.25, 0.3) is 0 Å². The Morgan fingerprint density at radius 1 is 0.941 bits per heavy atom. The summed E-state index contributed by atoms with van der Waals surface area (Å²) in [4.78, 5) is 0. The first-order chi connectivity index (χ1) is 16.7. The molecule has 2 heterocycles. The first-order valence-corrected chi connectivity index (χ1v) is 14.0. The molecule has 0 bridgehead atoms. The van der Waals surface area contributed by atoms with Crippen molar-refractivity contribution < 1.29 is 19.3 Å². The Balaban J connectivity index is 1.48. The largest absolute Gasteiger partial charge is 0.390 e. The Morgan fingerprint density at radius 3 is 2.35 bits per heavy atom. The first kappa shape index (κ1) is 27.4. The number of ether oxygens (including phenoxy) is 3. The zero-order valence-electron chi connectivity index (χ0n) is 21.4. The molecule has 2 fully saturated rings. The van der Waals surface area contributed by atoms with Crippen LogP contribution in [-0.2, 0) is 20.8 Å². The molecule has 6 atom stereocenters. The fourth-order valence-corrected chi connectivity index (χ4v) is 5.44. The summed E-state index contributed by atoms with van der Waals surface area (Å²) in [7, 11) is 0. The number of aliphatic hydroxyl groups is 1. The van der Waals surface area contributed by atoms with Crippen LogP contribution in [-0.4, -0.2) is 41.7 Å². The molecular weight excluding hydrogens is 424 g/mol. The second-order valence-electron chi connectivity index (χ2n) is 10.3. The van der Waals surface area contributed by atoms with Crippen molar-refractivity contribution in [2.24, 2.45) is 0 Å². The maximum absolute atomic E-state index is 10.3. The molecule has 0 amide bonds. The maximum Gasteiger partial charge on any atom is 0.0843 e. The van der Waals surface area contributed by atoms with Crippen molar-refractivity contribution >= 4 is 0 Å². The SMILES string of the molecule is C=CC[C@@H](O)[C@H]1CC[C@@H]([C@@H]2CC[C@@H](OCc3ccccc3)[C@H](CCCCCCCCCC)O2)O1. The number of hydrogen-bond acceptors (Lipinski definition) is 4. The van der Waals surface area contributed by atoms with Gasteiger partial charge in [0, 0.05) is 0 Å². The highest BCUT2D eigenvalue weighted by Crippen LogP contribution is 2.34. The van der Waals surface area contributed by atoms with Crippen LogP contribution in [0.5, 0.6) is 0 Å². The molecule has 0 radical (unpaired) electrons. The smallest absolute Gasteiger partial charge is 0.0843 e. The van der Waals surface area contributed by atoms with Crippen molar-refractivity contribution in [1.29, 1.82) is 0 Å². The average molecular weight is 473 g/mol. The summed E-state index contributed by atoms with van der Waals surface area (Å²) in [5.41, 5.74) is 1.22. The fraction of sp³-hybridized carbons (Fsp3) is 0.733. The molecule has 4 heteroatoms. The van der Waals surface area contributed by atoms with Gasteiger partial charge in [-0.25, -0.2) is 0 Å². The van der Waals surface area contributed by atoms with Crippen LogP contribution in [0.3, 0.4) is 0 Å². The second-order valence-corrected chi connectivity index (χ2v) is 10.3. The summed E-state index contributed by atoms with van der Waals surface area (Å²) in [6, 6.07) is 10.4. The van der Waals surface area contributed by atoms with Crippen LogP contribution in [0.1, 0.15) is 102 Å². The summed E-state index contributed by atoms with van der Waals surface area (Å²) >= 11 is 0. The topological polar surface area (TPSA) is 47.9 Å². The van der Waals surface area contributed by atoms with Crippen molar-refractivity contribution in [2.45, 2.75) is 140 Å². The van der Waals surface area contributed by atoms with E-state index in [0.29, 0.717) is 13.0 Å². The van der Waals surface area contributed by atoms with E-state index in [4.69, 9.17) is 14.2 Å². The number of rotatable bonds is 16. The molecule has 4 nitrogen and oxygen atoms in total. The number of unbranched alkanes of at least 4 members (excludes halogenated alkanes) is 7. The van der Waals surface area contributed by atoms with Crippen LogP contribution in [0.4, 0.5) is 0 Å². The monoisotopic (exact) mass is 472 g/mol. The van der Waals surface area contributed by atoms with E-state index in [9.17, 15) is 5.11 Å². The molecule has 0 spiro atoms. The number of benzene rings is 1. The van der Waals surface area contributed by atoms with Gasteiger partial charge in [-0.2, -0.15) is 0 Å². The molecule has 192 valence electrons.